The van der Waals surface area contributed by atoms with Gasteiger partial charge in [0, 0.05) is 15.7 Å². The van der Waals surface area contributed by atoms with Crippen LogP contribution in [0.2, 0.25) is 0 Å². The molecule has 0 unspecified atom stereocenters. The summed E-state index contributed by atoms with van der Waals surface area (Å²) in [5.74, 6) is -1.20. The Morgan fingerprint density at radius 3 is 2.28 bits per heavy atom. The van der Waals surface area contributed by atoms with Crippen molar-refractivity contribution < 1.29 is 19.1 Å². The van der Waals surface area contributed by atoms with Gasteiger partial charge in [0.15, 0.2) is 0 Å². The molecular weight excluding hydrogens is 390 g/mol. The first-order chi connectivity index (χ1) is 12.0. The van der Waals surface area contributed by atoms with Crippen LogP contribution >= 0.6 is 15.9 Å². The minimum Gasteiger partial charge on any atom is -0.468 e. The molecule has 0 aliphatic rings. The van der Waals surface area contributed by atoms with Gasteiger partial charge in [-0.15, -0.1) is 0 Å². The van der Waals surface area contributed by atoms with E-state index in [4.69, 9.17) is 0 Å². The molecule has 2 N–H and O–H groups in total. The molecule has 130 valence electrons. The normalized spacial score (nSPS) is 9.84. The van der Waals surface area contributed by atoms with E-state index in [-0.39, 0.29) is 0 Å². The van der Waals surface area contributed by atoms with E-state index in [1.54, 1.807) is 54.6 Å². The molecule has 0 saturated heterocycles. The number of nitrogens with one attached hydrogen (secondary N) is 2. The molecule has 8 heteroatoms. The fourth-order valence-electron chi connectivity index (χ4n) is 1.86. The number of hydrogen-bond donors (Lipinski definition) is 2. The van der Waals surface area contributed by atoms with Gasteiger partial charge in [0.05, 0.1) is 7.11 Å². The quantitative estimate of drug-likeness (QED) is 0.604. The first-order valence-corrected chi connectivity index (χ1v) is 8.06. The van der Waals surface area contributed by atoms with Gasteiger partial charge in [-0.3, -0.25) is 15.0 Å². The molecule has 25 heavy (non-hydrogen) atoms. The second-order valence-corrected chi connectivity index (χ2v) is 5.82. The average molecular weight is 406 g/mol. The molecule has 0 heterocycles. The predicted octanol–water partition coefficient (Wildman–Crippen LogP) is 2.80. The van der Waals surface area contributed by atoms with Crippen molar-refractivity contribution in [3.8, 4) is 0 Å². The summed E-state index contributed by atoms with van der Waals surface area (Å²) in [5, 5.41) is 3.46. The molecule has 0 bridgehead atoms. The number of carbonyl (C=O) groups is 3. The lowest BCUT2D eigenvalue weighted by Crippen LogP contribution is -2.50. The highest BCUT2D eigenvalue weighted by atomic mass is 79.9. The van der Waals surface area contributed by atoms with Crippen molar-refractivity contribution in [3.05, 3.63) is 64.6 Å². The third-order valence-electron chi connectivity index (χ3n) is 3.13. The zero-order valence-electron chi connectivity index (χ0n) is 13.4. The predicted molar refractivity (Wildman–Crippen MR) is 95.8 cm³/mol. The summed E-state index contributed by atoms with van der Waals surface area (Å²) in [6, 6.07) is 14.6. The Morgan fingerprint density at radius 2 is 1.68 bits per heavy atom. The van der Waals surface area contributed by atoms with Gasteiger partial charge in [-0.25, -0.2) is 9.80 Å². The molecule has 0 saturated carbocycles. The van der Waals surface area contributed by atoms with E-state index in [2.05, 4.69) is 31.4 Å². The number of urea groups is 1. The molecular formula is C17H16BrN3O4. The van der Waals surface area contributed by atoms with Crippen molar-refractivity contribution in [1.29, 1.82) is 0 Å². The summed E-state index contributed by atoms with van der Waals surface area (Å²) in [6.07, 6.45) is 0. The number of ether oxygens (including phenoxy) is 1. The van der Waals surface area contributed by atoms with Crippen molar-refractivity contribution in [1.82, 2.24) is 10.4 Å². The van der Waals surface area contributed by atoms with Gasteiger partial charge in [0.25, 0.3) is 5.91 Å². The number of nitrogens with zero attached hydrogens (tertiary/aromatic N) is 1. The van der Waals surface area contributed by atoms with Crippen LogP contribution in [0.1, 0.15) is 10.4 Å². The second kappa shape index (κ2) is 8.84. The van der Waals surface area contributed by atoms with Crippen LogP contribution in [-0.2, 0) is 9.53 Å². The Bertz CT molecular complexity index is 750. The smallest absolute Gasteiger partial charge is 0.341 e. The van der Waals surface area contributed by atoms with Gasteiger partial charge in [-0.1, -0.05) is 34.1 Å². The van der Waals surface area contributed by atoms with Crippen LogP contribution in [0, 0.1) is 0 Å². The third-order valence-corrected chi connectivity index (χ3v) is 3.66. The van der Waals surface area contributed by atoms with Crippen LogP contribution in [0.25, 0.3) is 0 Å². The molecule has 7 nitrogen and oxygen atoms in total. The standard InChI is InChI=1S/C17H16BrN3O4/c1-25-15(22)11-21(17(24)19-14-5-3-2-4-6-14)20-16(23)12-7-9-13(18)10-8-12/h2-10H,11H2,1H3,(H,19,24)(H,20,23). The number of carbonyl (C=O) groups excluding carboxylic acids is 3. The Balaban J connectivity index is 2.11. The average Bonchev–Trinajstić information content (AvgIpc) is 2.62. The first kappa shape index (κ1) is 18.5. The molecule has 0 aromatic heterocycles. The van der Waals surface area contributed by atoms with Crippen molar-refractivity contribution in [3.63, 3.8) is 0 Å². The Kier molecular flexibility index (Phi) is 6.53. The van der Waals surface area contributed by atoms with E-state index in [1.807, 2.05) is 0 Å². The highest BCUT2D eigenvalue weighted by Gasteiger charge is 2.21. The van der Waals surface area contributed by atoms with Crippen LogP contribution in [0.4, 0.5) is 10.5 Å². The molecule has 2 aromatic rings. The number of anilines is 1. The third kappa shape index (κ3) is 5.61. The number of para-hydroxylation sites is 1. The van der Waals surface area contributed by atoms with Gasteiger partial charge in [0.1, 0.15) is 6.54 Å². The first-order valence-electron chi connectivity index (χ1n) is 7.26. The number of esters is 1. The molecule has 3 amide bonds. The monoisotopic (exact) mass is 405 g/mol. The molecule has 2 aromatic carbocycles. The number of benzene rings is 2. The summed E-state index contributed by atoms with van der Waals surface area (Å²) in [6.45, 7) is -0.433. The van der Waals surface area contributed by atoms with E-state index >= 15 is 0 Å². The fourth-order valence-corrected chi connectivity index (χ4v) is 2.12. The van der Waals surface area contributed by atoms with Gasteiger partial charge < -0.3 is 10.1 Å². The Hall–Kier alpha value is -2.87. The zero-order valence-corrected chi connectivity index (χ0v) is 14.9. The van der Waals surface area contributed by atoms with Crippen molar-refractivity contribution in [2.24, 2.45) is 0 Å². The summed E-state index contributed by atoms with van der Waals surface area (Å²) < 4.78 is 5.38. The lowest BCUT2D eigenvalue weighted by Gasteiger charge is -2.22. The molecule has 0 spiro atoms. The maximum absolute atomic E-state index is 12.4. The lowest BCUT2D eigenvalue weighted by atomic mass is 10.2. The lowest BCUT2D eigenvalue weighted by molar-refractivity contribution is -0.141. The zero-order chi connectivity index (χ0) is 18.2. The summed E-state index contributed by atoms with van der Waals surface area (Å²) in [5.41, 5.74) is 3.27. The van der Waals surface area contributed by atoms with Crippen molar-refractivity contribution in [2.45, 2.75) is 0 Å². The topological polar surface area (TPSA) is 87.7 Å². The van der Waals surface area contributed by atoms with E-state index in [0.717, 1.165) is 9.48 Å². The Morgan fingerprint density at radius 1 is 1.04 bits per heavy atom. The molecule has 0 aliphatic carbocycles. The number of hydrogen-bond acceptors (Lipinski definition) is 4. The number of amides is 3. The van der Waals surface area contributed by atoms with Crippen LogP contribution in [0.15, 0.2) is 59.1 Å². The molecule has 0 radical (unpaired) electrons. The number of halogens is 1. The van der Waals surface area contributed by atoms with Crippen LogP contribution in [-0.4, -0.2) is 36.6 Å². The SMILES string of the molecule is COC(=O)CN(NC(=O)c1ccc(Br)cc1)C(=O)Nc1ccccc1. The fraction of sp³-hybridized carbons (Fsp3) is 0.118. The maximum Gasteiger partial charge on any atom is 0.341 e. The molecule has 0 atom stereocenters. The minimum absolute atomic E-state index is 0.338. The van der Waals surface area contributed by atoms with E-state index < -0.39 is 24.5 Å². The van der Waals surface area contributed by atoms with Gasteiger partial charge in [-0.05, 0) is 36.4 Å². The highest BCUT2D eigenvalue weighted by Crippen LogP contribution is 2.11. The number of rotatable bonds is 4. The van der Waals surface area contributed by atoms with E-state index in [9.17, 15) is 14.4 Å². The number of methoxy groups -OCH3 is 1. The van der Waals surface area contributed by atoms with Crippen molar-refractivity contribution >= 4 is 39.5 Å². The highest BCUT2D eigenvalue weighted by molar-refractivity contribution is 9.10. The molecule has 2 rings (SSSR count). The summed E-state index contributed by atoms with van der Waals surface area (Å²) in [7, 11) is 1.20. The van der Waals surface area contributed by atoms with Crippen LogP contribution in [0.3, 0.4) is 0 Å². The van der Waals surface area contributed by atoms with E-state index in [0.29, 0.717) is 11.3 Å². The maximum atomic E-state index is 12.4. The van der Waals surface area contributed by atoms with Crippen LogP contribution < -0.4 is 10.7 Å². The summed E-state index contributed by atoms with van der Waals surface area (Å²) >= 11 is 3.28. The van der Waals surface area contributed by atoms with E-state index in [1.165, 1.54) is 7.11 Å². The Labute approximate surface area is 153 Å². The van der Waals surface area contributed by atoms with Gasteiger partial charge in [-0.2, -0.15) is 0 Å². The van der Waals surface area contributed by atoms with Crippen molar-refractivity contribution in [2.75, 3.05) is 19.0 Å². The van der Waals surface area contributed by atoms with Gasteiger partial charge in [0.2, 0.25) is 0 Å². The summed E-state index contributed by atoms with van der Waals surface area (Å²) in [4.78, 5) is 36.2. The minimum atomic E-state index is -0.667. The van der Waals surface area contributed by atoms with Gasteiger partial charge >= 0.3 is 12.0 Å². The number of hydrazine groups is 1. The molecule has 0 fully saturated rings. The second-order valence-electron chi connectivity index (χ2n) is 4.91. The molecule has 0 aliphatic heterocycles. The van der Waals surface area contributed by atoms with Crippen LogP contribution in [0.5, 0.6) is 0 Å². The largest absolute Gasteiger partial charge is 0.468 e.